The molecule has 0 radical (unpaired) electrons. The number of nitrogens with zero attached hydrogens (tertiary/aromatic N) is 1. The average Bonchev–Trinajstić information content (AvgIpc) is 2.69. The Labute approximate surface area is 178 Å². The zero-order valence-corrected chi connectivity index (χ0v) is 17.7. The molecule has 0 spiro atoms. The summed E-state index contributed by atoms with van der Waals surface area (Å²) in [5, 5.41) is 0. The van der Waals surface area contributed by atoms with Crippen LogP contribution in [0.15, 0.2) is 51.9 Å². The lowest BCUT2D eigenvalue weighted by atomic mass is 10.1. The summed E-state index contributed by atoms with van der Waals surface area (Å²) in [6.07, 6.45) is 1.85. The first-order valence-electron chi connectivity index (χ1n) is 9.12. The normalized spacial score (nSPS) is 11.8. The van der Waals surface area contributed by atoms with Gasteiger partial charge < -0.3 is 16.2 Å². The van der Waals surface area contributed by atoms with E-state index in [1.54, 1.807) is 0 Å². The molecule has 2 aromatic carbocycles. The minimum atomic E-state index is -3.67. The Balaban J connectivity index is 2.23. The number of rotatable bonds is 8. The Morgan fingerprint density at radius 2 is 1.74 bits per heavy atom. The molecule has 31 heavy (non-hydrogen) atoms. The van der Waals surface area contributed by atoms with Crippen molar-refractivity contribution in [3.05, 3.63) is 59.2 Å². The molecule has 8 nitrogen and oxygen atoms in total. The van der Waals surface area contributed by atoms with Gasteiger partial charge in [0.25, 0.3) is 5.91 Å². The van der Waals surface area contributed by atoms with Crippen LogP contribution in [0.3, 0.4) is 0 Å². The summed E-state index contributed by atoms with van der Waals surface area (Å²) < 4.78 is 60.6. The molecule has 0 saturated heterocycles. The third-order valence-corrected chi connectivity index (χ3v) is 5.34. The summed E-state index contributed by atoms with van der Waals surface area (Å²) in [5.74, 6) is -3.85. The van der Waals surface area contributed by atoms with Crippen LogP contribution in [0.2, 0.25) is 0 Å². The predicted octanol–water partition coefficient (Wildman–Crippen LogP) is 2.65. The van der Waals surface area contributed by atoms with E-state index >= 15 is 0 Å². The Morgan fingerprint density at radius 1 is 1.16 bits per heavy atom. The zero-order chi connectivity index (χ0) is 23.2. The second-order valence-corrected chi connectivity index (χ2v) is 8.22. The van der Waals surface area contributed by atoms with Gasteiger partial charge in [0.1, 0.15) is 5.75 Å². The van der Waals surface area contributed by atoms with Gasteiger partial charge in [0.15, 0.2) is 23.3 Å². The summed E-state index contributed by atoms with van der Waals surface area (Å²) >= 11 is 0. The van der Waals surface area contributed by atoms with Gasteiger partial charge in [-0.3, -0.25) is 4.79 Å². The number of carbonyl (C=O) groups excluding carboxylic acids is 1. The fourth-order valence-corrected chi connectivity index (χ4v) is 3.54. The second kappa shape index (κ2) is 10.1. The molecule has 0 aliphatic heterocycles. The van der Waals surface area contributed by atoms with E-state index in [1.807, 2.05) is 6.92 Å². The summed E-state index contributed by atoms with van der Waals surface area (Å²) in [6.45, 7) is 3.50. The average molecular weight is 452 g/mol. The van der Waals surface area contributed by atoms with Crippen molar-refractivity contribution in [2.75, 3.05) is 6.54 Å². The van der Waals surface area contributed by atoms with Crippen LogP contribution in [0.5, 0.6) is 11.5 Å². The van der Waals surface area contributed by atoms with E-state index in [9.17, 15) is 22.0 Å². The molecule has 0 unspecified atom stereocenters. The first kappa shape index (κ1) is 24.0. The second-order valence-electron chi connectivity index (χ2n) is 6.45. The largest absolute Gasteiger partial charge is 0.451 e. The maximum atomic E-state index is 14.4. The number of sulfonamides is 1. The number of ether oxygens (including phenoxy) is 1. The van der Waals surface area contributed by atoms with Crippen molar-refractivity contribution in [3.63, 3.8) is 0 Å². The van der Waals surface area contributed by atoms with Gasteiger partial charge in [-0.15, -0.1) is 0 Å². The summed E-state index contributed by atoms with van der Waals surface area (Å²) in [6, 6.07) is 7.03. The monoisotopic (exact) mass is 452 g/mol. The lowest BCUT2D eigenvalue weighted by molar-refractivity contribution is -0.114. The number of hydrogen-bond acceptors (Lipinski definition) is 4. The van der Waals surface area contributed by atoms with Gasteiger partial charge in [0.05, 0.1) is 4.90 Å². The van der Waals surface area contributed by atoms with Gasteiger partial charge in [0, 0.05) is 12.1 Å². The minimum Gasteiger partial charge on any atom is -0.451 e. The highest BCUT2D eigenvalue weighted by atomic mass is 32.2. The van der Waals surface area contributed by atoms with Crippen molar-refractivity contribution in [1.29, 1.82) is 0 Å². The third-order valence-electron chi connectivity index (χ3n) is 3.87. The summed E-state index contributed by atoms with van der Waals surface area (Å²) in [5.41, 5.74) is 10.4. The fourth-order valence-electron chi connectivity index (χ4n) is 2.40. The maximum Gasteiger partial charge on any atom is 0.275 e. The molecule has 2 rings (SSSR count). The lowest BCUT2D eigenvalue weighted by Gasteiger charge is -2.10. The van der Waals surface area contributed by atoms with Crippen molar-refractivity contribution in [1.82, 2.24) is 4.72 Å². The predicted molar refractivity (Wildman–Crippen MR) is 113 cm³/mol. The SMILES string of the molecule is CCCNS(=O)(=O)c1ccc(Oc2c(F)cc(/C=C(\C)C(=O)N=C(N)N)cc2F)cc1. The van der Waals surface area contributed by atoms with Gasteiger partial charge in [0.2, 0.25) is 10.0 Å². The van der Waals surface area contributed by atoms with E-state index in [0.717, 1.165) is 12.1 Å². The van der Waals surface area contributed by atoms with Crippen LogP contribution in [0.25, 0.3) is 6.08 Å². The van der Waals surface area contributed by atoms with Gasteiger partial charge in [-0.1, -0.05) is 6.92 Å². The van der Waals surface area contributed by atoms with E-state index in [0.29, 0.717) is 6.42 Å². The van der Waals surface area contributed by atoms with Gasteiger partial charge in [-0.2, -0.15) is 4.99 Å². The van der Waals surface area contributed by atoms with Crippen molar-refractivity contribution in [2.24, 2.45) is 16.5 Å². The summed E-state index contributed by atoms with van der Waals surface area (Å²) in [4.78, 5) is 15.1. The zero-order valence-electron chi connectivity index (χ0n) is 16.9. The van der Waals surface area contributed by atoms with Crippen LogP contribution in [0, 0.1) is 11.6 Å². The first-order chi connectivity index (χ1) is 14.5. The van der Waals surface area contributed by atoms with Crippen molar-refractivity contribution < 1.29 is 26.7 Å². The number of benzene rings is 2. The standard InChI is InChI=1S/C20H22F2N4O4S/c1-3-8-25-31(28,29)15-6-4-14(5-7-15)30-18-16(21)10-13(11-17(18)22)9-12(2)19(27)26-20(23)24/h4-7,9-11,25H,3,8H2,1-2H3,(H4,23,24,26,27)/b12-9+. The number of hydrogen-bond donors (Lipinski definition) is 3. The molecule has 5 N–H and O–H groups in total. The van der Waals surface area contributed by atoms with E-state index in [4.69, 9.17) is 16.2 Å². The van der Waals surface area contributed by atoms with Crippen LogP contribution in [0.4, 0.5) is 8.78 Å². The van der Waals surface area contributed by atoms with Crippen molar-refractivity contribution in [3.8, 4) is 11.5 Å². The quantitative estimate of drug-likeness (QED) is 0.320. The molecule has 166 valence electrons. The molecule has 0 bridgehead atoms. The first-order valence-corrected chi connectivity index (χ1v) is 10.6. The van der Waals surface area contributed by atoms with Gasteiger partial charge >= 0.3 is 0 Å². The minimum absolute atomic E-state index is 0.00403. The topological polar surface area (TPSA) is 137 Å². The molecule has 0 saturated carbocycles. The Kier molecular flexibility index (Phi) is 7.83. The molecule has 0 fully saturated rings. The highest BCUT2D eigenvalue weighted by molar-refractivity contribution is 7.89. The molecule has 0 aliphatic rings. The van der Waals surface area contributed by atoms with Crippen LogP contribution in [-0.4, -0.2) is 26.8 Å². The summed E-state index contributed by atoms with van der Waals surface area (Å²) in [7, 11) is -3.67. The highest BCUT2D eigenvalue weighted by Gasteiger charge is 2.16. The number of guanidine groups is 1. The molecule has 0 aromatic heterocycles. The maximum absolute atomic E-state index is 14.4. The highest BCUT2D eigenvalue weighted by Crippen LogP contribution is 2.30. The molecular weight excluding hydrogens is 430 g/mol. The number of nitrogens with one attached hydrogen (secondary N) is 1. The molecule has 0 atom stereocenters. The number of nitrogens with two attached hydrogens (primary N) is 2. The molecule has 11 heteroatoms. The Hall–Kier alpha value is -3.31. The van der Waals surface area contributed by atoms with E-state index in [2.05, 4.69) is 9.71 Å². The van der Waals surface area contributed by atoms with E-state index in [1.165, 1.54) is 37.3 Å². The van der Waals surface area contributed by atoms with Gasteiger partial charge in [-0.25, -0.2) is 21.9 Å². The van der Waals surface area contributed by atoms with Gasteiger partial charge in [-0.05, 0) is 61.4 Å². The number of halogens is 2. The lowest BCUT2D eigenvalue weighted by Crippen LogP contribution is -2.24. The smallest absolute Gasteiger partial charge is 0.275 e. The Morgan fingerprint density at radius 3 is 2.26 bits per heavy atom. The number of amides is 1. The fraction of sp³-hybridized carbons (Fsp3) is 0.200. The van der Waals surface area contributed by atoms with E-state index < -0.39 is 39.3 Å². The number of carbonyl (C=O) groups is 1. The molecule has 2 aromatic rings. The molecule has 0 aliphatic carbocycles. The van der Waals surface area contributed by atoms with Crippen LogP contribution in [0.1, 0.15) is 25.8 Å². The van der Waals surface area contributed by atoms with Crippen LogP contribution >= 0.6 is 0 Å². The molecule has 1 amide bonds. The van der Waals surface area contributed by atoms with Crippen molar-refractivity contribution in [2.45, 2.75) is 25.2 Å². The van der Waals surface area contributed by atoms with Crippen LogP contribution < -0.4 is 20.9 Å². The van der Waals surface area contributed by atoms with Crippen LogP contribution in [-0.2, 0) is 14.8 Å². The van der Waals surface area contributed by atoms with Crippen molar-refractivity contribution >= 4 is 28.0 Å². The number of aliphatic imine (C=N–C) groups is 1. The van der Waals surface area contributed by atoms with E-state index in [-0.39, 0.29) is 28.3 Å². The molecule has 0 heterocycles. The Bertz CT molecular complexity index is 1100. The third kappa shape index (κ3) is 6.59. The molecular formula is C20H22F2N4O4S.